The maximum atomic E-state index is 3.86. The number of aromatic nitrogens is 1. The van der Waals surface area contributed by atoms with Gasteiger partial charge in [-0.2, -0.15) is 0 Å². The first-order valence-corrected chi connectivity index (χ1v) is 6.83. The van der Waals surface area contributed by atoms with E-state index in [1.165, 1.54) is 10.9 Å². The maximum Gasteiger partial charge on any atom is 0.0867 e. The smallest absolute Gasteiger partial charge is 0.0867 e. The summed E-state index contributed by atoms with van der Waals surface area (Å²) in [5.41, 5.74) is 1.28. The second-order valence-electron chi connectivity index (χ2n) is 4.70. The molecule has 0 radical (unpaired) electrons. The van der Waals surface area contributed by atoms with Gasteiger partial charge in [-0.25, -0.2) is 0 Å². The molecule has 2 heteroatoms. The van der Waals surface area contributed by atoms with Crippen LogP contribution in [0.15, 0.2) is 61.8 Å². The summed E-state index contributed by atoms with van der Waals surface area (Å²) < 4.78 is 2.35. The number of para-hydroxylation sites is 1. The second kappa shape index (κ2) is 6.39. The van der Waals surface area contributed by atoms with Crippen LogP contribution < -0.4 is 0 Å². The molecule has 19 heavy (non-hydrogen) atoms. The highest BCUT2D eigenvalue weighted by atomic mass is 15.3. The summed E-state index contributed by atoms with van der Waals surface area (Å²) in [5, 5.41) is 1.29. The van der Waals surface area contributed by atoms with E-state index in [2.05, 4.69) is 66.1 Å². The van der Waals surface area contributed by atoms with E-state index in [1.54, 1.807) is 0 Å². The molecule has 0 bridgehead atoms. The first kappa shape index (κ1) is 13.6. The Hall–Kier alpha value is -1.80. The van der Waals surface area contributed by atoms with Crippen LogP contribution in [0.1, 0.15) is 19.5 Å². The third-order valence-electron chi connectivity index (χ3n) is 3.46. The summed E-state index contributed by atoms with van der Waals surface area (Å²) in [4.78, 5) is 2.38. The lowest BCUT2D eigenvalue weighted by molar-refractivity contribution is 0.173. The van der Waals surface area contributed by atoms with Crippen molar-refractivity contribution in [3.63, 3.8) is 0 Å². The molecule has 0 N–H and O–H groups in total. The van der Waals surface area contributed by atoms with E-state index in [0.717, 1.165) is 19.5 Å². The Bertz CT molecular complexity index is 543. The normalized spacial score (nSPS) is 12.7. The molecule has 1 aromatic carbocycles. The minimum Gasteiger partial charge on any atom is -0.331 e. The number of hydrogen-bond acceptors (Lipinski definition) is 1. The lowest BCUT2D eigenvalue weighted by Gasteiger charge is -2.31. The summed E-state index contributed by atoms with van der Waals surface area (Å²) in [5.74, 6) is 0. The van der Waals surface area contributed by atoms with Crippen molar-refractivity contribution in [2.75, 3.05) is 13.1 Å². The van der Waals surface area contributed by atoms with Crippen LogP contribution in [0.5, 0.6) is 0 Å². The zero-order valence-electron chi connectivity index (χ0n) is 11.6. The molecule has 1 heterocycles. The highest BCUT2D eigenvalue weighted by Crippen LogP contribution is 2.24. The van der Waals surface area contributed by atoms with Gasteiger partial charge in [-0.05, 0) is 23.9 Å². The molecular formula is C17H22N2. The fourth-order valence-corrected chi connectivity index (χ4v) is 2.64. The number of benzene rings is 1. The van der Waals surface area contributed by atoms with E-state index in [9.17, 15) is 0 Å². The predicted octanol–water partition coefficient (Wildman–Crippen LogP) is 4.22. The van der Waals surface area contributed by atoms with Gasteiger partial charge in [0.15, 0.2) is 0 Å². The topological polar surface area (TPSA) is 8.17 Å². The van der Waals surface area contributed by atoms with Crippen molar-refractivity contribution in [2.45, 2.75) is 19.5 Å². The third kappa shape index (κ3) is 2.79. The molecule has 0 aliphatic heterocycles. The Balaban J connectivity index is 2.39. The van der Waals surface area contributed by atoms with Gasteiger partial charge in [-0.15, -0.1) is 13.2 Å². The first-order chi connectivity index (χ1) is 9.31. The van der Waals surface area contributed by atoms with Crippen LogP contribution >= 0.6 is 0 Å². The van der Waals surface area contributed by atoms with Gasteiger partial charge in [0.25, 0.3) is 0 Å². The van der Waals surface area contributed by atoms with Crippen LogP contribution in [0.2, 0.25) is 0 Å². The molecule has 100 valence electrons. The van der Waals surface area contributed by atoms with Crippen LogP contribution in [0, 0.1) is 0 Å². The summed E-state index contributed by atoms with van der Waals surface area (Å²) in [6, 6.07) is 10.7. The van der Waals surface area contributed by atoms with E-state index >= 15 is 0 Å². The quantitative estimate of drug-likeness (QED) is 0.671. The molecule has 1 atom stereocenters. The molecule has 0 saturated carbocycles. The third-order valence-corrected chi connectivity index (χ3v) is 3.46. The van der Waals surface area contributed by atoms with E-state index in [1.807, 2.05) is 12.2 Å². The van der Waals surface area contributed by atoms with Gasteiger partial charge < -0.3 is 4.57 Å². The van der Waals surface area contributed by atoms with Gasteiger partial charge >= 0.3 is 0 Å². The minimum absolute atomic E-state index is 0.343. The molecule has 2 nitrogen and oxygen atoms in total. The van der Waals surface area contributed by atoms with E-state index in [-0.39, 0.29) is 0 Å². The zero-order chi connectivity index (χ0) is 13.7. The van der Waals surface area contributed by atoms with Crippen molar-refractivity contribution in [2.24, 2.45) is 0 Å². The van der Waals surface area contributed by atoms with E-state index < -0.39 is 0 Å². The van der Waals surface area contributed by atoms with Gasteiger partial charge in [-0.3, -0.25) is 4.90 Å². The number of nitrogens with zero attached hydrogens (tertiary/aromatic N) is 2. The van der Waals surface area contributed by atoms with Crippen molar-refractivity contribution in [1.29, 1.82) is 0 Å². The highest BCUT2D eigenvalue weighted by Gasteiger charge is 2.17. The fraction of sp³-hybridized carbons (Fsp3) is 0.294. The summed E-state index contributed by atoms with van der Waals surface area (Å²) >= 11 is 0. The Morgan fingerprint density at radius 2 is 1.84 bits per heavy atom. The second-order valence-corrected chi connectivity index (χ2v) is 4.70. The first-order valence-electron chi connectivity index (χ1n) is 6.83. The van der Waals surface area contributed by atoms with Crippen LogP contribution in [-0.4, -0.2) is 22.6 Å². The summed E-state index contributed by atoms with van der Waals surface area (Å²) in [6.07, 6.45) is 7.49. The van der Waals surface area contributed by atoms with Crippen molar-refractivity contribution in [1.82, 2.24) is 9.47 Å². The van der Waals surface area contributed by atoms with Crippen molar-refractivity contribution < 1.29 is 0 Å². The molecule has 0 saturated heterocycles. The molecule has 0 aliphatic carbocycles. The Kier molecular flexibility index (Phi) is 4.58. The molecule has 1 aromatic heterocycles. The molecule has 2 aromatic rings. The maximum absolute atomic E-state index is 3.86. The summed E-state index contributed by atoms with van der Waals surface area (Å²) in [7, 11) is 0. The number of rotatable bonds is 7. The largest absolute Gasteiger partial charge is 0.331 e. The van der Waals surface area contributed by atoms with Crippen molar-refractivity contribution >= 4 is 10.9 Å². The van der Waals surface area contributed by atoms with Crippen LogP contribution in [0.3, 0.4) is 0 Å². The Morgan fingerprint density at radius 3 is 2.47 bits per heavy atom. The molecular weight excluding hydrogens is 232 g/mol. The molecule has 0 aliphatic rings. The molecule has 1 unspecified atom stereocenters. The Labute approximate surface area is 115 Å². The summed E-state index contributed by atoms with van der Waals surface area (Å²) in [6.45, 7) is 11.7. The Morgan fingerprint density at radius 1 is 1.16 bits per heavy atom. The van der Waals surface area contributed by atoms with Crippen molar-refractivity contribution in [3.8, 4) is 0 Å². The fourth-order valence-electron chi connectivity index (χ4n) is 2.64. The SMILES string of the molecule is C=CCN(CC=C)C(CC)n1ccc2ccccc21. The van der Waals surface area contributed by atoms with E-state index in [4.69, 9.17) is 0 Å². The molecule has 0 amide bonds. The van der Waals surface area contributed by atoms with Gasteiger partial charge in [0, 0.05) is 24.8 Å². The van der Waals surface area contributed by atoms with Gasteiger partial charge in [-0.1, -0.05) is 37.3 Å². The average molecular weight is 254 g/mol. The lowest BCUT2D eigenvalue weighted by atomic mass is 10.2. The lowest BCUT2D eigenvalue weighted by Crippen LogP contribution is -2.32. The minimum atomic E-state index is 0.343. The van der Waals surface area contributed by atoms with Gasteiger partial charge in [0.2, 0.25) is 0 Å². The average Bonchev–Trinajstić information content (AvgIpc) is 2.84. The van der Waals surface area contributed by atoms with Crippen LogP contribution in [-0.2, 0) is 0 Å². The number of hydrogen-bond donors (Lipinski definition) is 0. The zero-order valence-corrected chi connectivity index (χ0v) is 11.6. The van der Waals surface area contributed by atoms with Gasteiger partial charge in [0.05, 0.1) is 6.17 Å². The predicted molar refractivity (Wildman–Crippen MR) is 83.2 cm³/mol. The van der Waals surface area contributed by atoms with Gasteiger partial charge in [0.1, 0.15) is 0 Å². The molecule has 0 spiro atoms. The molecule has 2 rings (SSSR count). The van der Waals surface area contributed by atoms with Crippen LogP contribution in [0.25, 0.3) is 10.9 Å². The van der Waals surface area contributed by atoms with Crippen LogP contribution in [0.4, 0.5) is 0 Å². The van der Waals surface area contributed by atoms with E-state index in [0.29, 0.717) is 6.17 Å². The van der Waals surface area contributed by atoms with Crippen molar-refractivity contribution in [3.05, 3.63) is 61.8 Å². The molecule has 0 fully saturated rings. The standard InChI is InChI=1S/C17H22N2/c1-4-12-18(13-5-2)17(6-3)19-14-11-15-9-7-8-10-16(15)19/h4-5,7-11,14,17H,1-2,6,12-13H2,3H3. The monoisotopic (exact) mass is 254 g/mol. The number of fused-ring (bicyclic) bond motifs is 1. The highest BCUT2D eigenvalue weighted by molar-refractivity contribution is 5.80.